The van der Waals surface area contributed by atoms with Gasteiger partial charge in [0.05, 0.1) is 11.8 Å². The van der Waals surface area contributed by atoms with Gasteiger partial charge in [0, 0.05) is 5.56 Å². The summed E-state index contributed by atoms with van der Waals surface area (Å²) >= 11 is 0. The minimum absolute atomic E-state index is 0.334. The summed E-state index contributed by atoms with van der Waals surface area (Å²) in [7, 11) is 0. The first-order chi connectivity index (χ1) is 17.1. The van der Waals surface area contributed by atoms with Crippen LogP contribution in [0.25, 0.3) is 0 Å². The van der Waals surface area contributed by atoms with E-state index in [1.54, 1.807) is 72.8 Å². The Morgan fingerprint density at radius 2 is 1.43 bits per heavy atom. The summed E-state index contributed by atoms with van der Waals surface area (Å²) in [6, 6.07) is 30.6. The summed E-state index contributed by atoms with van der Waals surface area (Å²) in [6.07, 6.45) is 1.51. The largest absolute Gasteiger partial charge is 0.489 e. The van der Waals surface area contributed by atoms with E-state index in [1.807, 2.05) is 37.3 Å². The van der Waals surface area contributed by atoms with Crippen molar-refractivity contribution in [3.63, 3.8) is 0 Å². The summed E-state index contributed by atoms with van der Waals surface area (Å²) in [5.74, 6) is 0.342. The van der Waals surface area contributed by atoms with Crippen LogP contribution in [0.2, 0.25) is 0 Å². The molecule has 1 amide bonds. The molecule has 174 valence electrons. The molecule has 0 aliphatic carbocycles. The maximum Gasteiger partial charge on any atom is 0.343 e. The number of carbonyl (C=O) groups is 2. The van der Waals surface area contributed by atoms with Gasteiger partial charge in [0.2, 0.25) is 0 Å². The molecular weight excluding hydrogens is 440 g/mol. The topological polar surface area (TPSA) is 77.0 Å². The fourth-order valence-corrected chi connectivity index (χ4v) is 3.15. The van der Waals surface area contributed by atoms with Gasteiger partial charge >= 0.3 is 5.97 Å². The number of benzene rings is 4. The van der Waals surface area contributed by atoms with Crippen molar-refractivity contribution in [1.29, 1.82) is 0 Å². The number of nitrogens with one attached hydrogen (secondary N) is 1. The van der Waals surface area contributed by atoms with Gasteiger partial charge in [-0.15, -0.1) is 0 Å². The third-order valence-corrected chi connectivity index (χ3v) is 5.12. The van der Waals surface area contributed by atoms with Crippen LogP contribution in [0.1, 0.15) is 37.4 Å². The zero-order chi connectivity index (χ0) is 24.5. The number of aryl methyl sites for hydroxylation is 1. The first-order valence-corrected chi connectivity index (χ1v) is 11.1. The lowest BCUT2D eigenvalue weighted by molar-refractivity contribution is 0.0734. The van der Waals surface area contributed by atoms with Gasteiger partial charge in [0.15, 0.2) is 0 Å². The van der Waals surface area contributed by atoms with Crippen LogP contribution >= 0.6 is 0 Å². The Hall–Kier alpha value is -4.71. The van der Waals surface area contributed by atoms with Crippen LogP contribution in [-0.4, -0.2) is 18.1 Å². The van der Waals surface area contributed by atoms with Crippen LogP contribution in [0.5, 0.6) is 11.5 Å². The van der Waals surface area contributed by atoms with Crippen molar-refractivity contribution in [3.8, 4) is 11.5 Å². The van der Waals surface area contributed by atoms with Gasteiger partial charge < -0.3 is 9.47 Å². The van der Waals surface area contributed by atoms with Crippen LogP contribution in [0, 0.1) is 6.92 Å². The Bertz CT molecular complexity index is 1300. The van der Waals surface area contributed by atoms with Crippen molar-refractivity contribution in [2.75, 3.05) is 0 Å². The number of nitrogens with zero attached hydrogens (tertiary/aromatic N) is 1. The van der Waals surface area contributed by atoms with E-state index in [0.29, 0.717) is 29.2 Å². The second-order valence-corrected chi connectivity index (χ2v) is 7.82. The molecule has 0 saturated heterocycles. The van der Waals surface area contributed by atoms with Crippen LogP contribution < -0.4 is 14.9 Å². The van der Waals surface area contributed by atoms with Crippen molar-refractivity contribution in [2.45, 2.75) is 13.5 Å². The zero-order valence-electron chi connectivity index (χ0n) is 19.2. The molecule has 6 nitrogen and oxygen atoms in total. The molecule has 0 radical (unpaired) electrons. The highest BCUT2D eigenvalue weighted by molar-refractivity contribution is 5.95. The Labute approximate surface area is 203 Å². The number of esters is 1. The molecule has 1 N–H and O–H groups in total. The van der Waals surface area contributed by atoms with Crippen molar-refractivity contribution in [3.05, 3.63) is 131 Å². The van der Waals surface area contributed by atoms with Crippen molar-refractivity contribution >= 4 is 18.1 Å². The molecule has 0 unspecified atom stereocenters. The third-order valence-electron chi connectivity index (χ3n) is 5.12. The van der Waals surface area contributed by atoms with E-state index in [-0.39, 0.29) is 5.91 Å². The molecule has 0 fully saturated rings. The van der Waals surface area contributed by atoms with Gasteiger partial charge in [-0.25, -0.2) is 10.2 Å². The van der Waals surface area contributed by atoms with Gasteiger partial charge in [-0.05, 0) is 78.7 Å². The summed E-state index contributed by atoms with van der Waals surface area (Å²) in [4.78, 5) is 24.5. The molecule has 0 bridgehead atoms. The Morgan fingerprint density at radius 1 is 0.771 bits per heavy atom. The minimum Gasteiger partial charge on any atom is -0.489 e. The van der Waals surface area contributed by atoms with Crippen molar-refractivity contribution in [2.24, 2.45) is 5.10 Å². The highest BCUT2D eigenvalue weighted by Crippen LogP contribution is 2.15. The first-order valence-electron chi connectivity index (χ1n) is 11.1. The zero-order valence-corrected chi connectivity index (χ0v) is 19.2. The second-order valence-electron chi connectivity index (χ2n) is 7.82. The number of hydrazone groups is 1. The lowest BCUT2D eigenvalue weighted by Crippen LogP contribution is -2.17. The summed E-state index contributed by atoms with van der Waals surface area (Å²) in [5.41, 5.74) is 6.47. The summed E-state index contributed by atoms with van der Waals surface area (Å²) in [5, 5.41) is 4.00. The molecule has 0 atom stereocenters. The molecular formula is C29H24N2O4. The van der Waals surface area contributed by atoms with E-state index in [4.69, 9.17) is 9.47 Å². The first kappa shape index (κ1) is 23.4. The Morgan fingerprint density at radius 3 is 2.11 bits per heavy atom. The minimum atomic E-state index is -0.425. The number of amides is 1. The third kappa shape index (κ3) is 6.88. The SMILES string of the molecule is Cc1ccc(COc2ccc(C(=O)N/N=C/c3ccc(OC(=O)c4ccccc4)cc3)cc2)cc1. The smallest absolute Gasteiger partial charge is 0.343 e. The molecule has 0 aliphatic heterocycles. The highest BCUT2D eigenvalue weighted by Gasteiger charge is 2.08. The number of carbonyl (C=O) groups excluding carboxylic acids is 2. The van der Waals surface area contributed by atoms with Crippen LogP contribution in [0.3, 0.4) is 0 Å². The van der Waals surface area contributed by atoms with Crippen molar-refractivity contribution in [1.82, 2.24) is 5.43 Å². The Kier molecular flexibility index (Phi) is 7.66. The van der Waals surface area contributed by atoms with E-state index in [0.717, 1.165) is 11.1 Å². The molecule has 0 aliphatic rings. The predicted octanol–water partition coefficient (Wildman–Crippen LogP) is 5.56. The quantitative estimate of drug-likeness (QED) is 0.160. The highest BCUT2D eigenvalue weighted by atomic mass is 16.5. The summed E-state index contributed by atoms with van der Waals surface area (Å²) in [6.45, 7) is 2.50. The number of hydrogen-bond acceptors (Lipinski definition) is 5. The number of ether oxygens (including phenoxy) is 2. The molecule has 4 aromatic rings. The molecule has 6 heteroatoms. The fraction of sp³-hybridized carbons (Fsp3) is 0.0690. The monoisotopic (exact) mass is 464 g/mol. The molecule has 0 aromatic heterocycles. The summed E-state index contributed by atoms with van der Waals surface area (Å²) < 4.78 is 11.1. The Balaban J connectivity index is 1.25. The van der Waals surface area contributed by atoms with E-state index in [9.17, 15) is 9.59 Å². The van der Waals surface area contributed by atoms with E-state index >= 15 is 0 Å². The number of rotatable bonds is 8. The molecule has 4 rings (SSSR count). The second kappa shape index (κ2) is 11.4. The van der Waals surface area contributed by atoms with Crippen LogP contribution in [-0.2, 0) is 6.61 Å². The maximum absolute atomic E-state index is 12.3. The van der Waals surface area contributed by atoms with E-state index in [2.05, 4.69) is 10.5 Å². The van der Waals surface area contributed by atoms with E-state index < -0.39 is 5.97 Å². The van der Waals surface area contributed by atoms with E-state index in [1.165, 1.54) is 11.8 Å². The maximum atomic E-state index is 12.3. The molecule has 4 aromatic carbocycles. The van der Waals surface area contributed by atoms with Gasteiger partial charge in [-0.2, -0.15) is 5.10 Å². The van der Waals surface area contributed by atoms with Crippen LogP contribution in [0.15, 0.2) is 108 Å². The van der Waals surface area contributed by atoms with Gasteiger partial charge in [-0.3, -0.25) is 4.79 Å². The fourth-order valence-electron chi connectivity index (χ4n) is 3.15. The molecule has 0 saturated carbocycles. The molecule has 0 spiro atoms. The molecule has 35 heavy (non-hydrogen) atoms. The predicted molar refractivity (Wildman–Crippen MR) is 135 cm³/mol. The number of hydrogen-bond donors (Lipinski definition) is 1. The van der Waals surface area contributed by atoms with Gasteiger partial charge in [0.1, 0.15) is 18.1 Å². The standard InChI is InChI=1S/C29H24N2O4/c1-21-7-9-23(10-8-21)20-34-26-17-13-24(14-18-26)28(32)31-30-19-22-11-15-27(16-12-22)35-29(33)25-5-3-2-4-6-25/h2-19H,20H2,1H3,(H,31,32)/b30-19+. The van der Waals surface area contributed by atoms with Crippen LogP contribution in [0.4, 0.5) is 0 Å². The average molecular weight is 465 g/mol. The lowest BCUT2D eigenvalue weighted by Gasteiger charge is -2.07. The lowest BCUT2D eigenvalue weighted by atomic mass is 10.2. The van der Waals surface area contributed by atoms with Crippen molar-refractivity contribution < 1.29 is 19.1 Å². The van der Waals surface area contributed by atoms with Gasteiger partial charge in [-0.1, -0.05) is 48.0 Å². The normalized spacial score (nSPS) is 10.7. The average Bonchev–Trinajstić information content (AvgIpc) is 2.90. The molecule has 0 heterocycles. The van der Waals surface area contributed by atoms with Gasteiger partial charge in [0.25, 0.3) is 5.91 Å².